The molecule has 0 spiro atoms. The standard InChI is InChI=1S/C19H16N2O2/c1-23-16-9-5-3-7-14(16)19(22)18-17-13(10-11-20-18)12-6-2-4-8-15(12)21-17/h2-9,21H,10-11H2,1H3. The number of ether oxygens (including phenoxy) is 1. The summed E-state index contributed by atoms with van der Waals surface area (Å²) in [6.07, 6.45) is 0.849. The number of fused-ring (bicyclic) bond motifs is 3. The molecule has 4 nitrogen and oxygen atoms in total. The maximum atomic E-state index is 13.0. The van der Waals surface area contributed by atoms with E-state index in [-0.39, 0.29) is 5.78 Å². The molecule has 0 saturated heterocycles. The van der Waals surface area contributed by atoms with Crippen LogP contribution in [-0.4, -0.2) is 30.1 Å². The average molecular weight is 304 g/mol. The first-order valence-corrected chi connectivity index (χ1v) is 7.61. The summed E-state index contributed by atoms with van der Waals surface area (Å²) in [6.45, 7) is 0.630. The predicted molar refractivity (Wildman–Crippen MR) is 90.7 cm³/mol. The third kappa shape index (κ3) is 2.14. The van der Waals surface area contributed by atoms with E-state index in [0.717, 1.165) is 17.6 Å². The number of Topliss-reactive ketones (excluding diaryl/α,β-unsaturated/α-hetero) is 1. The van der Waals surface area contributed by atoms with Crippen molar-refractivity contribution in [3.8, 4) is 5.75 Å². The van der Waals surface area contributed by atoms with E-state index in [1.165, 1.54) is 10.9 Å². The SMILES string of the molecule is COc1ccccc1C(=O)C1=NCCc2c1[nH]c1ccccc21. The fourth-order valence-corrected chi connectivity index (χ4v) is 3.17. The van der Waals surface area contributed by atoms with Gasteiger partial charge in [-0.2, -0.15) is 0 Å². The summed E-state index contributed by atoms with van der Waals surface area (Å²) < 4.78 is 5.32. The number of ketones is 1. The van der Waals surface area contributed by atoms with Gasteiger partial charge in [0.1, 0.15) is 11.5 Å². The van der Waals surface area contributed by atoms with Crippen molar-refractivity contribution >= 4 is 22.4 Å². The Bertz CT molecular complexity index is 937. The fraction of sp³-hybridized carbons (Fsp3) is 0.158. The minimum atomic E-state index is -0.102. The Hall–Kier alpha value is -2.88. The van der Waals surface area contributed by atoms with Crippen LogP contribution in [0.5, 0.6) is 5.75 Å². The second-order valence-electron chi connectivity index (χ2n) is 5.53. The van der Waals surface area contributed by atoms with Gasteiger partial charge >= 0.3 is 0 Å². The second kappa shape index (κ2) is 5.39. The molecule has 2 aromatic carbocycles. The highest BCUT2D eigenvalue weighted by Gasteiger charge is 2.26. The number of carbonyl (C=O) groups is 1. The molecule has 1 aliphatic rings. The highest BCUT2D eigenvalue weighted by atomic mass is 16.5. The van der Waals surface area contributed by atoms with E-state index in [4.69, 9.17) is 4.74 Å². The number of hydrogen-bond acceptors (Lipinski definition) is 3. The monoisotopic (exact) mass is 304 g/mol. The number of nitrogens with zero attached hydrogens (tertiary/aromatic N) is 1. The number of aromatic nitrogens is 1. The van der Waals surface area contributed by atoms with E-state index in [9.17, 15) is 4.79 Å². The molecule has 0 saturated carbocycles. The van der Waals surface area contributed by atoms with Crippen molar-refractivity contribution in [3.05, 3.63) is 65.4 Å². The summed E-state index contributed by atoms with van der Waals surface area (Å²) in [4.78, 5) is 20.8. The minimum absolute atomic E-state index is 0.102. The summed E-state index contributed by atoms with van der Waals surface area (Å²) >= 11 is 0. The van der Waals surface area contributed by atoms with Crippen LogP contribution in [0.1, 0.15) is 21.6 Å². The third-order valence-corrected chi connectivity index (χ3v) is 4.25. The molecule has 0 bridgehead atoms. The zero-order valence-electron chi connectivity index (χ0n) is 12.8. The number of para-hydroxylation sites is 2. The first kappa shape index (κ1) is 13.8. The molecule has 4 rings (SSSR count). The number of aliphatic imine (C=N–C) groups is 1. The lowest BCUT2D eigenvalue weighted by Crippen LogP contribution is -2.22. The number of aromatic amines is 1. The van der Waals surface area contributed by atoms with Crippen LogP contribution in [0.2, 0.25) is 0 Å². The summed E-state index contributed by atoms with van der Waals surface area (Å²) in [7, 11) is 1.57. The number of H-pyrrole nitrogens is 1. The van der Waals surface area contributed by atoms with Crippen LogP contribution in [0.15, 0.2) is 53.5 Å². The van der Waals surface area contributed by atoms with Gasteiger partial charge in [-0.25, -0.2) is 0 Å². The van der Waals surface area contributed by atoms with Crippen molar-refractivity contribution in [2.45, 2.75) is 6.42 Å². The van der Waals surface area contributed by atoms with Gasteiger partial charge in [-0.1, -0.05) is 30.3 Å². The molecule has 0 fully saturated rings. The molecule has 1 aliphatic heterocycles. The van der Waals surface area contributed by atoms with Gasteiger partial charge in [0.2, 0.25) is 5.78 Å². The van der Waals surface area contributed by atoms with E-state index >= 15 is 0 Å². The minimum Gasteiger partial charge on any atom is -0.496 e. The van der Waals surface area contributed by atoms with Gasteiger partial charge in [0.15, 0.2) is 0 Å². The Balaban J connectivity index is 1.85. The Morgan fingerprint density at radius 2 is 1.91 bits per heavy atom. The van der Waals surface area contributed by atoms with Crippen molar-refractivity contribution in [2.75, 3.05) is 13.7 Å². The Morgan fingerprint density at radius 1 is 1.13 bits per heavy atom. The van der Waals surface area contributed by atoms with E-state index in [2.05, 4.69) is 16.0 Å². The molecule has 4 heteroatoms. The van der Waals surface area contributed by atoms with E-state index < -0.39 is 0 Å². The van der Waals surface area contributed by atoms with Crippen molar-refractivity contribution in [2.24, 2.45) is 4.99 Å². The van der Waals surface area contributed by atoms with Gasteiger partial charge in [0.05, 0.1) is 18.4 Å². The number of methoxy groups -OCH3 is 1. The zero-order chi connectivity index (χ0) is 15.8. The molecule has 0 unspecified atom stereocenters. The molecule has 1 N–H and O–H groups in total. The van der Waals surface area contributed by atoms with Crippen LogP contribution in [0.25, 0.3) is 10.9 Å². The zero-order valence-corrected chi connectivity index (χ0v) is 12.8. The van der Waals surface area contributed by atoms with Gasteiger partial charge in [0, 0.05) is 17.4 Å². The Morgan fingerprint density at radius 3 is 2.78 bits per heavy atom. The molecule has 0 amide bonds. The molecule has 1 aromatic heterocycles. The number of carbonyl (C=O) groups excluding carboxylic acids is 1. The molecule has 0 atom stereocenters. The largest absolute Gasteiger partial charge is 0.496 e. The molecule has 2 heterocycles. The first-order valence-electron chi connectivity index (χ1n) is 7.61. The number of rotatable bonds is 3. The van der Waals surface area contributed by atoms with E-state index in [0.29, 0.717) is 23.6 Å². The summed E-state index contributed by atoms with van der Waals surface area (Å²) in [5.41, 5.74) is 4.09. The highest BCUT2D eigenvalue weighted by Crippen LogP contribution is 2.28. The Labute approximate surface area is 133 Å². The normalized spacial score (nSPS) is 13.5. The van der Waals surface area contributed by atoms with Crippen LogP contribution < -0.4 is 4.74 Å². The second-order valence-corrected chi connectivity index (χ2v) is 5.53. The summed E-state index contributed by atoms with van der Waals surface area (Å²) in [5.74, 6) is 0.471. The van der Waals surface area contributed by atoms with E-state index in [1.54, 1.807) is 19.2 Å². The first-order chi connectivity index (χ1) is 11.3. The van der Waals surface area contributed by atoms with Crippen LogP contribution >= 0.6 is 0 Å². The molecule has 114 valence electrons. The van der Waals surface area contributed by atoms with Crippen LogP contribution in [-0.2, 0) is 6.42 Å². The quantitative estimate of drug-likeness (QED) is 0.754. The van der Waals surface area contributed by atoms with Crippen LogP contribution in [0.4, 0.5) is 0 Å². The molecule has 23 heavy (non-hydrogen) atoms. The van der Waals surface area contributed by atoms with Crippen molar-refractivity contribution in [1.29, 1.82) is 0 Å². The lowest BCUT2D eigenvalue weighted by atomic mass is 9.96. The van der Waals surface area contributed by atoms with Crippen molar-refractivity contribution in [3.63, 3.8) is 0 Å². The van der Waals surface area contributed by atoms with Gasteiger partial charge in [-0.05, 0) is 30.2 Å². The lowest BCUT2D eigenvalue weighted by Gasteiger charge is -2.14. The molecule has 3 aromatic rings. The maximum Gasteiger partial charge on any atom is 0.216 e. The fourth-order valence-electron chi connectivity index (χ4n) is 3.17. The molecule has 0 aliphatic carbocycles. The van der Waals surface area contributed by atoms with Gasteiger partial charge in [-0.15, -0.1) is 0 Å². The number of nitrogens with one attached hydrogen (secondary N) is 1. The highest BCUT2D eigenvalue weighted by molar-refractivity contribution is 6.52. The van der Waals surface area contributed by atoms with Crippen molar-refractivity contribution in [1.82, 2.24) is 4.98 Å². The maximum absolute atomic E-state index is 13.0. The number of benzene rings is 2. The Kier molecular flexibility index (Phi) is 3.23. The molecule has 0 radical (unpaired) electrons. The topological polar surface area (TPSA) is 54.4 Å². The number of hydrogen-bond donors (Lipinski definition) is 1. The lowest BCUT2D eigenvalue weighted by molar-refractivity contribution is 0.106. The molecular weight excluding hydrogens is 288 g/mol. The van der Waals surface area contributed by atoms with Crippen molar-refractivity contribution < 1.29 is 9.53 Å². The molecular formula is C19H16N2O2. The summed E-state index contributed by atoms with van der Waals surface area (Å²) in [6, 6.07) is 15.4. The third-order valence-electron chi connectivity index (χ3n) is 4.25. The van der Waals surface area contributed by atoms with Crippen LogP contribution in [0.3, 0.4) is 0 Å². The van der Waals surface area contributed by atoms with Gasteiger partial charge in [-0.3, -0.25) is 9.79 Å². The van der Waals surface area contributed by atoms with E-state index in [1.807, 2.05) is 30.3 Å². The van der Waals surface area contributed by atoms with Crippen LogP contribution in [0, 0.1) is 0 Å². The average Bonchev–Trinajstić information content (AvgIpc) is 3.00. The predicted octanol–water partition coefficient (Wildman–Crippen LogP) is 3.40. The smallest absolute Gasteiger partial charge is 0.216 e. The van der Waals surface area contributed by atoms with Gasteiger partial charge in [0.25, 0.3) is 0 Å². The van der Waals surface area contributed by atoms with Gasteiger partial charge < -0.3 is 9.72 Å². The summed E-state index contributed by atoms with van der Waals surface area (Å²) in [5, 5.41) is 1.17.